The third kappa shape index (κ3) is 2.96. The fourth-order valence-corrected chi connectivity index (χ4v) is 3.42. The van der Waals surface area contributed by atoms with Crippen LogP contribution in [0, 0.1) is 6.92 Å². The van der Waals surface area contributed by atoms with Crippen LogP contribution in [-0.2, 0) is 6.18 Å². The normalized spacial score (nSPS) is 11.9. The molecule has 0 aliphatic heterocycles. The molecule has 1 heterocycles. The Bertz CT molecular complexity index is 827. The van der Waals surface area contributed by atoms with Crippen molar-refractivity contribution in [3.63, 3.8) is 0 Å². The van der Waals surface area contributed by atoms with Crippen LogP contribution in [0.25, 0.3) is 10.2 Å². The topological polar surface area (TPSA) is 22.1 Å². The summed E-state index contributed by atoms with van der Waals surface area (Å²) in [6.07, 6.45) is -4.35. The Hall–Kier alpha value is -1.60. The van der Waals surface area contributed by atoms with Crippen LogP contribution in [0.3, 0.4) is 0 Å². The van der Waals surface area contributed by atoms with E-state index in [1.807, 2.05) is 6.92 Å². The molecule has 0 radical (unpaired) electrons. The van der Waals surface area contributed by atoms with Gasteiger partial charge in [-0.15, -0.1) is 11.3 Å². The molecule has 2 nitrogen and oxygen atoms in total. The number of benzene rings is 2. The lowest BCUT2D eigenvalue weighted by molar-refractivity contribution is -0.137. The molecular formula is C15H9BrF3NOS. The van der Waals surface area contributed by atoms with Crippen LogP contribution < -0.4 is 4.74 Å². The van der Waals surface area contributed by atoms with Gasteiger partial charge in [0.1, 0.15) is 11.5 Å². The standard InChI is InChI=1S/C15H9BrF3NOS/c1-8-20-13-11(16)6-7-12(14(13)22-8)21-10-4-2-9(3-5-10)15(17,18)19/h2-7H,1H3. The van der Waals surface area contributed by atoms with E-state index in [2.05, 4.69) is 20.9 Å². The van der Waals surface area contributed by atoms with Crippen molar-refractivity contribution >= 4 is 37.5 Å². The predicted molar refractivity (Wildman–Crippen MR) is 83.6 cm³/mol. The average molecular weight is 388 g/mol. The SMILES string of the molecule is Cc1nc2c(Br)ccc(Oc3ccc(C(F)(F)F)cc3)c2s1. The van der Waals surface area contributed by atoms with E-state index < -0.39 is 11.7 Å². The van der Waals surface area contributed by atoms with Crippen LogP contribution in [0.1, 0.15) is 10.6 Å². The molecule has 0 unspecified atom stereocenters. The summed E-state index contributed by atoms with van der Waals surface area (Å²) in [6, 6.07) is 8.20. The second-order valence-electron chi connectivity index (χ2n) is 4.58. The third-order valence-corrected chi connectivity index (χ3v) is 4.60. The van der Waals surface area contributed by atoms with Crippen LogP contribution in [0.15, 0.2) is 40.9 Å². The van der Waals surface area contributed by atoms with Crippen molar-refractivity contribution in [1.82, 2.24) is 4.98 Å². The minimum absolute atomic E-state index is 0.350. The van der Waals surface area contributed by atoms with E-state index in [0.717, 1.165) is 31.8 Å². The van der Waals surface area contributed by atoms with Gasteiger partial charge in [-0.3, -0.25) is 0 Å². The second-order valence-corrected chi connectivity index (χ2v) is 6.64. The first-order valence-corrected chi connectivity index (χ1v) is 7.86. The molecule has 0 fully saturated rings. The van der Waals surface area contributed by atoms with Crippen molar-refractivity contribution in [3.05, 3.63) is 51.4 Å². The number of hydrogen-bond donors (Lipinski definition) is 0. The molecule has 22 heavy (non-hydrogen) atoms. The van der Waals surface area contributed by atoms with Crippen molar-refractivity contribution in [2.24, 2.45) is 0 Å². The van der Waals surface area contributed by atoms with Gasteiger partial charge in [0.25, 0.3) is 0 Å². The summed E-state index contributed by atoms with van der Waals surface area (Å²) in [7, 11) is 0. The summed E-state index contributed by atoms with van der Waals surface area (Å²) in [5, 5.41) is 0.888. The maximum atomic E-state index is 12.5. The highest BCUT2D eigenvalue weighted by molar-refractivity contribution is 9.10. The number of nitrogens with zero attached hydrogens (tertiary/aromatic N) is 1. The number of aromatic nitrogens is 1. The number of ether oxygens (including phenoxy) is 1. The summed E-state index contributed by atoms with van der Waals surface area (Å²) in [5.74, 6) is 0.922. The molecule has 0 saturated carbocycles. The molecule has 0 bridgehead atoms. The molecule has 2 aromatic carbocycles. The Morgan fingerprint density at radius 2 is 1.77 bits per heavy atom. The summed E-state index contributed by atoms with van der Waals surface area (Å²) in [6.45, 7) is 1.89. The highest BCUT2D eigenvalue weighted by Gasteiger charge is 2.30. The molecule has 0 spiro atoms. The third-order valence-electron chi connectivity index (χ3n) is 2.97. The summed E-state index contributed by atoms with van der Waals surface area (Å²) in [5.41, 5.74) is 0.0846. The lowest BCUT2D eigenvalue weighted by atomic mass is 10.2. The van der Waals surface area contributed by atoms with Crippen LogP contribution in [0.4, 0.5) is 13.2 Å². The fraction of sp³-hybridized carbons (Fsp3) is 0.133. The molecule has 0 saturated heterocycles. The number of thiazole rings is 1. The first-order chi connectivity index (χ1) is 10.3. The van der Waals surface area contributed by atoms with Crippen LogP contribution in [0.2, 0.25) is 0 Å². The molecule has 114 valence electrons. The van der Waals surface area contributed by atoms with Crippen molar-refractivity contribution in [3.8, 4) is 11.5 Å². The van der Waals surface area contributed by atoms with Crippen LogP contribution in [0.5, 0.6) is 11.5 Å². The predicted octanol–water partition coefficient (Wildman–Crippen LogP) is 6.18. The zero-order valence-electron chi connectivity index (χ0n) is 11.2. The molecule has 7 heteroatoms. The molecule has 0 amide bonds. The largest absolute Gasteiger partial charge is 0.456 e. The lowest BCUT2D eigenvalue weighted by Gasteiger charge is -2.09. The van der Waals surface area contributed by atoms with Crippen molar-refractivity contribution in [2.45, 2.75) is 13.1 Å². The van der Waals surface area contributed by atoms with Gasteiger partial charge in [0, 0.05) is 4.47 Å². The Balaban J connectivity index is 1.95. The number of alkyl halides is 3. The minimum Gasteiger partial charge on any atom is -0.456 e. The van der Waals surface area contributed by atoms with E-state index >= 15 is 0 Å². The molecule has 0 N–H and O–H groups in total. The molecule has 0 aliphatic rings. The van der Waals surface area contributed by atoms with Crippen molar-refractivity contribution < 1.29 is 17.9 Å². The first kappa shape index (κ1) is 15.3. The molecule has 1 aromatic heterocycles. The number of aryl methyl sites for hydroxylation is 1. The number of fused-ring (bicyclic) bond motifs is 1. The van der Waals surface area contributed by atoms with E-state index in [0.29, 0.717) is 11.5 Å². The summed E-state index contributed by atoms with van der Waals surface area (Å²) >= 11 is 4.90. The van der Waals surface area contributed by atoms with E-state index in [-0.39, 0.29) is 0 Å². The zero-order chi connectivity index (χ0) is 15.9. The van der Waals surface area contributed by atoms with Gasteiger partial charge in [-0.1, -0.05) is 0 Å². The van der Waals surface area contributed by atoms with E-state index in [1.165, 1.54) is 23.5 Å². The molecule has 3 aromatic rings. The maximum absolute atomic E-state index is 12.5. The van der Waals surface area contributed by atoms with Gasteiger partial charge < -0.3 is 4.74 Å². The number of hydrogen-bond acceptors (Lipinski definition) is 3. The monoisotopic (exact) mass is 387 g/mol. The fourth-order valence-electron chi connectivity index (χ4n) is 1.98. The average Bonchev–Trinajstić information content (AvgIpc) is 2.84. The maximum Gasteiger partial charge on any atom is 0.416 e. The highest BCUT2D eigenvalue weighted by Crippen LogP contribution is 2.38. The molecular weight excluding hydrogens is 379 g/mol. The Labute approximate surface area is 136 Å². The van der Waals surface area contributed by atoms with Crippen LogP contribution >= 0.6 is 27.3 Å². The van der Waals surface area contributed by atoms with Gasteiger partial charge in [-0.05, 0) is 59.3 Å². The Morgan fingerprint density at radius 1 is 1.09 bits per heavy atom. The first-order valence-electron chi connectivity index (χ1n) is 6.25. The van der Waals surface area contributed by atoms with E-state index in [4.69, 9.17) is 4.74 Å². The quantitative estimate of drug-likeness (QED) is 0.523. The van der Waals surface area contributed by atoms with Gasteiger partial charge in [-0.2, -0.15) is 13.2 Å². The minimum atomic E-state index is -4.35. The molecule has 0 atom stereocenters. The summed E-state index contributed by atoms with van der Waals surface area (Å²) in [4.78, 5) is 4.40. The van der Waals surface area contributed by atoms with E-state index in [1.54, 1.807) is 12.1 Å². The summed E-state index contributed by atoms with van der Waals surface area (Å²) < 4.78 is 45.1. The highest BCUT2D eigenvalue weighted by atomic mass is 79.9. The Kier molecular flexibility index (Phi) is 3.86. The Morgan fingerprint density at radius 3 is 2.41 bits per heavy atom. The van der Waals surface area contributed by atoms with Gasteiger partial charge in [0.2, 0.25) is 0 Å². The van der Waals surface area contributed by atoms with Crippen molar-refractivity contribution in [2.75, 3.05) is 0 Å². The van der Waals surface area contributed by atoms with Gasteiger partial charge in [-0.25, -0.2) is 4.98 Å². The van der Waals surface area contributed by atoms with Gasteiger partial charge in [0.15, 0.2) is 0 Å². The van der Waals surface area contributed by atoms with E-state index in [9.17, 15) is 13.2 Å². The molecule has 0 aliphatic carbocycles. The number of rotatable bonds is 2. The lowest BCUT2D eigenvalue weighted by Crippen LogP contribution is -2.03. The zero-order valence-corrected chi connectivity index (χ0v) is 13.6. The molecule has 3 rings (SSSR count). The number of halogens is 4. The smallest absolute Gasteiger partial charge is 0.416 e. The van der Waals surface area contributed by atoms with Gasteiger partial charge >= 0.3 is 6.18 Å². The van der Waals surface area contributed by atoms with Crippen LogP contribution in [-0.4, -0.2) is 4.98 Å². The van der Waals surface area contributed by atoms with Crippen molar-refractivity contribution in [1.29, 1.82) is 0 Å². The van der Waals surface area contributed by atoms with Gasteiger partial charge in [0.05, 0.1) is 20.8 Å². The second kappa shape index (κ2) is 5.55.